The van der Waals surface area contributed by atoms with Gasteiger partial charge in [0, 0.05) is 24.7 Å². The quantitative estimate of drug-likeness (QED) is 0.896. The first-order valence-corrected chi connectivity index (χ1v) is 6.38. The molecule has 106 valence electrons. The maximum Gasteiger partial charge on any atom is 0.253 e. The summed E-state index contributed by atoms with van der Waals surface area (Å²) in [6.07, 6.45) is 1.41. The summed E-state index contributed by atoms with van der Waals surface area (Å²) < 4.78 is 5.09. The molecule has 0 saturated carbocycles. The number of carbonyl (C=O) groups excluding carboxylic acids is 1. The van der Waals surface area contributed by atoms with Gasteiger partial charge in [0.2, 0.25) is 12.3 Å². The van der Waals surface area contributed by atoms with E-state index in [1.807, 2.05) is 0 Å². The van der Waals surface area contributed by atoms with Gasteiger partial charge in [0.15, 0.2) is 0 Å². The third kappa shape index (κ3) is 3.42. The summed E-state index contributed by atoms with van der Waals surface area (Å²) in [6, 6.07) is 6.98. The van der Waals surface area contributed by atoms with Crippen molar-refractivity contribution in [2.24, 2.45) is 0 Å². The van der Waals surface area contributed by atoms with Crippen LogP contribution in [0.2, 0.25) is 0 Å². The Labute approximate surface area is 117 Å². The van der Waals surface area contributed by atoms with Crippen molar-refractivity contribution in [2.45, 2.75) is 19.4 Å². The Morgan fingerprint density at radius 2 is 2.10 bits per heavy atom. The average molecular weight is 275 g/mol. The molecule has 0 radical (unpaired) electrons. The van der Waals surface area contributed by atoms with Gasteiger partial charge in [0.1, 0.15) is 0 Å². The molecule has 6 nitrogen and oxygen atoms in total. The van der Waals surface area contributed by atoms with Crippen LogP contribution >= 0.6 is 0 Å². The lowest BCUT2D eigenvalue weighted by Gasteiger charge is -2.18. The van der Waals surface area contributed by atoms with Crippen molar-refractivity contribution < 1.29 is 14.3 Å². The van der Waals surface area contributed by atoms with Crippen LogP contribution in [0.25, 0.3) is 11.5 Å². The lowest BCUT2D eigenvalue weighted by Crippen LogP contribution is -2.29. The summed E-state index contributed by atoms with van der Waals surface area (Å²) >= 11 is 0. The van der Waals surface area contributed by atoms with Gasteiger partial charge in [-0.3, -0.25) is 4.79 Å². The summed E-state index contributed by atoms with van der Waals surface area (Å²) in [5.41, 5.74) is 1.35. The van der Waals surface area contributed by atoms with Crippen LogP contribution in [0, 0.1) is 0 Å². The van der Waals surface area contributed by atoms with E-state index in [1.54, 1.807) is 43.1 Å². The van der Waals surface area contributed by atoms with E-state index in [1.165, 1.54) is 6.39 Å². The van der Waals surface area contributed by atoms with Crippen LogP contribution in [-0.4, -0.2) is 45.8 Å². The number of hydrogen-bond donors (Lipinski definition) is 1. The standard InChI is InChI=1S/C14H17N3O3/c1-10(18)7-8-17(2)14(19)12-5-3-11(4-6-12)13-16-15-9-20-13/h3-6,9-10,18H,7-8H2,1-2H3. The second-order valence-electron chi connectivity index (χ2n) is 4.69. The molecule has 0 bridgehead atoms. The summed E-state index contributed by atoms with van der Waals surface area (Å²) in [6.45, 7) is 2.22. The Morgan fingerprint density at radius 1 is 1.40 bits per heavy atom. The van der Waals surface area contributed by atoms with Gasteiger partial charge in [-0.2, -0.15) is 0 Å². The first-order chi connectivity index (χ1) is 9.58. The molecule has 2 rings (SSSR count). The Kier molecular flexibility index (Phi) is 4.47. The third-order valence-corrected chi connectivity index (χ3v) is 2.97. The third-order valence-electron chi connectivity index (χ3n) is 2.97. The SMILES string of the molecule is CC(O)CCN(C)C(=O)c1ccc(-c2nnco2)cc1. The number of hydrogen-bond acceptors (Lipinski definition) is 5. The highest BCUT2D eigenvalue weighted by Gasteiger charge is 2.13. The van der Waals surface area contributed by atoms with E-state index < -0.39 is 6.10 Å². The van der Waals surface area contributed by atoms with Crippen LogP contribution in [0.5, 0.6) is 0 Å². The van der Waals surface area contributed by atoms with Crippen LogP contribution in [0.1, 0.15) is 23.7 Å². The van der Waals surface area contributed by atoms with E-state index in [-0.39, 0.29) is 5.91 Å². The lowest BCUT2D eigenvalue weighted by atomic mass is 10.1. The van der Waals surface area contributed by atoms with Crippen molar-refractivity contribution in [1.82, 2.24) is 15.1 Å². The summed E-state index contributed by atoms with van der Waals surface area (Å²) in [4.78, 5) is 13.7. The second-order valence-corrected chi connectivity index (χ2v) is 4.69. The highest BCUT2D eigenvalue weighted by atomic mass is 16.4. The molecular formula is C14H17N3O3. The van der Waals surface area contributed by atoms with Gasteiger partial charge in [0.05, 0.1) is 6.10 Å². The maximum atomic E-state index is 12.1. The first kappa shape index (κ1) is 14.2. The van der Waals surface area contributed by atoms with Crippen molar-refractivity contribution in [2.75, 3.05) is 13.6 Å². The fourth-order valence-corrected chi connectivity index (χ4v) is 1.76. The van der Waals surface area contributed by atoms with E-state index in [0.29, 0.717) is 24.4 Å². The molecule has 0 spiro atoms. The zero-order chi connectivity index (χ0) is 14.5. The number of benzene rings is 1. The Hall–Kier alpha value is -2.21. The number of carbonyl (C=O) groups is 1. The number of nitrogens with zero attached hydrogens (tertiary/aromatic N) is 3. The van der Waals surface area contributed by atoms with Crippen molar-refractivity contribution in [3.8, 4) is 11.5 Å². The minimum Gasteiger partial charge on any atom is -0.423 e. The van der Waals surface area contributed by atoms with Gasteiger partial charge >= 0.3 is 0 Å². The zero-order valence-electron chi connectivity index (χ0n) is 11.5. The number of aliphatic hydroxyl groups is 1. The summed E-state index contributed by atoms with van der Waals surface area (Å²) in [5, 5.41) is 16.6. The molecule has 1 aromatic heterocycles. The van der Waals surface area contributed by atoms with Crippen LogP contribution < -0.4 is 0 Å². The number of aliphatic hydroxyl groups excluding tert-OH is 1. The van der Waals surface area contributed by atoms with Crippen molar-refractivity contribution >= 4 is 5.91 Å². The van der Waals surface area contributed by atoms with E-state index >= 15 is 0 Å². The fraction of sp³-hybridized carbons (Fsp3) is 0.357. The highest BCUT2D eigenvalue weighted by molar-refractivity contribution is 5.94. The number of amides is 1. The molecule has 1 amide bonds. The topological polar surface area (TPSA) is 79.5 Å². The lowest BCUT2D eigenvalue weighted by molar-refractivity contribution is 0.0769. The maximum absolute atomic E-state index is 12.1. The molecule has 1 N–H and O–H groups in total. The zero-order valence-corrected chi connectivity index (χ0v) is 11.5. The molecule has 1 heterocycles. The predicted octanol–water partition coefficient (Wildman–Crippen LogP) is 1.58. The van der Waals surface area contributed by atoms with E-state index in [9.17, 15) is 9.90 Å². The van der Waals surface area contributed by atoms with Crippen molar-refractivity contribution in [1.29, 1.82) is 0 Å². The van der Waals surface area contributed by atoms with Crippen molar-refractivity contribution in [3.05, 3.63) is 36.2 Å². The molecule has 0 aliphatic carbocycles. The van der Waals surface area contributed by atoms with Crippen LogP contribution in [0.15, 0.2) is 35.1 Å². The molecule has 0 fully saturated rings. The second kappa shape index (κ2) is 6.29. The van der Waals surface area contributed by atoms with Crippen LogP contribution in [0.4, 0.5) is 0 Å². The van der Waals surface area contributed by atoms with Gasteiger partial charge in [0.25, 0.3) is 5.91 Å². The minimum absolute atomic E-state index is 0.0808. The largest absolute Gasteiger partial charge is 0.423 e. The normalized spacial score (nSPS) is 12.2. The molecule has 2 aromatic rings. The van der Waals surface area contributed by atoms with Gasteiger partial charge in [-0.25, -0.2) is 0 Å². The predicted molar refractivity (Wildman–Crippen MR) is 73.0 cm³/mol. The number of rotatable bonds is 5. The van der Waals surface area contributed by atoms with Gasteiger partial charge in [-0.05, 0) is 37.6 Å². The molecule has 20 heavy (non-hydrogen) atoms. The molecule has 0 aliphatic heterocycles. The Bertz CT molecular complexity index is 550. The van der Waals surface area contributed by atoms with E-state index in [4.69, 9.17) is 4.42 Å². The first-order valence-electron chi connectivity index (χ1n) is 6.38. The molecule has 0 aliphatic rings. The van der Waals surface area contributed by atoms with Gasteiger partial charge < -0.3 is 14.4 Å². The molecule has 1 unspecified atom stereocenters. The Morgan fingerprint density at radius 3 is 2.65 bits per heavy atom. The Balaban J connectivity index is 2.04. The smallest absolute Gasteiger partial charge is 0.253 e. The van der Waals surface area contributed by atoms with Crippen LogP contribution in [-0.2, 0) is 0 Å². The minimum atomic E-state index is -0.412. The van der Waals surface area contributed by atoms with E-state index in [2.05, 4.69) is 10.2 Å². The average Bonchev–Trinajstić information content (AvgIpc) is 2.98. The molecule has 0 saturated heterocycles. The monoisotopic (exact) mass is 275 g/mol. The number of aromatic nitrogens is 2. The molecular weight excluding hydrogens is 258 g/mol. The highest BCUT2D eigenvalue weighted by Crippen LogP contribution is 2.17. The molecule has 6 heteroatoms. The fourth-order valence-electron chi connectivity index (χ4n) is 1.76. The van der Waals surface area contributed by atoms with Gasteiger partial charge in [-0.15, -0.1) is 10.2 Å². The van der Waals surface area contributed by atoms with Crippen LogP contribution in [0.3, 0.4) is 0 Å². The molecule has 1 aromatic carbocycles. The molecule has 1 atom stereocenters. The summed E-state index contributed by atoms with van der Waals surface area (Å²) in [7, 11) is 1.72. The van der Waals surface area contributed by atoms with E-state index in [0.717, 1.165) is 5.56 Å². The summed E-state index contributed by atoms with van der Waals surface area (Å²) in [5.74, 6) is 0.342. The van der Waals surface area contributed by atoms with Crippen molar-refractivity contribution in [3.63, 3.8) is 0 Å². The van der Waals surface area contributed by atoms with Gasteiger partial charge in [-0.1, -0.05) is 0 Å².